The zero-order valence-electron chi connectivity index (χ0n) is 11.7. The minimum Gasteiger partial charge on any atom is -0.335 e. The van der Waals surface area contributed by atoms with E-state index >= 15 is 0 Å². The summed E-state index contributed by atoms with van der Waals surface area (Å²) >= 11 is 6.09. The van der Waals surface area contributed by atoms with Gasteiger partial charge in [-0.2, -0.15) is 0 Å². The summed E-state index contributed by atoms with van der Waals surface area (Å²) in [7, 11) is 1.71. The van der Waals surface area contributed by atoms with Crippen molar-refractivity contribution in [3.63, 3.8) is 0 Å². The zero-order chi connectivity index (χ0) is 14.7. The Hall–Kier alpha value is -1.88. The second kappa shape index (κ2) is 6.05. The van der Waals surface area contributed by atoms with Crippen LogP contribution in [0.15, 0.2) is 24.3 Å². The van der Waals surface area contributed by atoms with Gasteiger partial charge in [0.1, 0.15) is 5.82 Å². The first kappa shape index (κ1) is 14.5. The molecule has 5 nitrogen and oxygen atoms in total. The number of nitrogens with one attached hydrogen (secondary N) is 1. The van der Waals surface area contributed by atoms with Gasteiger partial charge in [-0.05, 0) is 11.6 Å². The van der Waals surface area contributed by atoms with Crippen molar-refractivity contribution in [2.45, 2.75) is 26.3 Å². The number of amides is 1. The van der Waals surface area contributed by atoms with E-state index in [2.05, 4.69) is 15.2 Å². The number of rotatable bonds is 4. The number of H-pyrrole nitrogens is 1. The summed E-state index contributed by atoms with van der Waals surface area (Å²) in [6.07, 6.45) is 0. The van der Waals surface area contributed by atoms with Gasteiger partial charge >= 0.3 is 0 Å². The van der Waals surface area contributed by atoms with Crippen LogP contribution in [0.5, 0.6) is 0 Å². The zero-order valence-corrected chi connectivity index (χ0v) is 12.5. The Balaban J connectivity index is 2.10. The second-order valence-electron chi connectivity index (χ2n) is 4.95. The Labute approximate surface area is 123 Å². The number of carbonyl (C=O) groups is 1. The van der Waals surface area contributed by atoms with E-state index in [1.165, 1.54) is 0 Å². The maximum Gasteiger partial charge on any atom is 0.293 e. The van der Waals surface area contributed by atoms with E-state index in [1.807, 2.05) is 32.0 Å². The molecule has 1 aromatic carbocycles. The van der Waals surface area contributed by atoms with E-state index in [-0.39, 0.29) is 17.6 Å². The Morgan fingerprint density at radius 1 is 1.40 bits per heavy atom. The van der Waals surface area contributed by atoms with Crippen LogP contribution in [0.25, 0.3) is 0 Å². The Bertz CT molecular complexity index is 609. The lowest BCUT2D eigenvalue weighted by atomic mass is 10.2. The molecule has 0 aliphatic carbocycles. The van der Waals surface area contributed by atoms with Crippen molar-refractivity contribution in [2.75, 3.05) is 7.05 Å². The fourth-order valence-corrected chi connectivity index (χ4v) is 1.95. The number of carbonyl (C=O) groups excluding carboxylic acids is 1. The summed E-state index contributed by atoms with van der Waals surface area (Å²) in [5, 5.41) is 7.39. The number of halogens is 1. The van der Waals surface area contributed by atoms with Crippen LogP contribution < -0.4 is 0 Å². The predicted octanol–water partition coefficient (Wildman–Crippen LogP) is 2.85. The van der Waals surface area contributed by atoms with Crippen molar-refractivity contribution in [3.05, 3.63) is 46.5 Å². The average molecular weight is 293 g/mol. The smallest absolute Gasteiger partial charge is 0.293 e. The van der Waals surface area contributed by atoms with Crippen LogP contribution in [0.2, 0.25) is 5.02 Å². The van der Waals surface area contributed by atoms with Crippen molar-refractivity contribution in [1.29, 1.82) is 0 Å². The maximum atomic E-state index is 12.2. The molecule has 20 heavy (non-hydrogen) atoms. The molecule has 0 unspecified atom stereocenters. The van der Waals surface area contributed by atoms with E-state index in [1.54, 1.807) is 18.0 Å². The van der Waals surface area contributed by atoms with Gasteiger partial charge in [-0.25, -0.2) is 4.98 Å². The first-order valence-corrected chi connectivity index (χ1v) is 6.78. The highest BCUT2D eigenvalue weighted by molar-refractivity contribution is 6.31. The van der Waals surface area contributed by atoms with Gasteiger partial charge in [0, 0.05) is 24.5 Å². The molecule has 0 fully saturated rings. The normalized spacial score (nSPS) is 10.8. The van der Waals surface area contributed by atoms with Gasteiger partial charge in [0.25, 0.3) is 5.91 Å². The molecule has 2 aromatic rings. The van der Waals surface area contributed by atoms with Crippen LogP contribution >= 0.6 is 11.6 Å². The largest absolute Gasteiger partial charge is 0.335 e. The van der Waals surface area contributed by atoms with Gasteiger partial charge in [0.2, 0.25) is 5.82 Å². The third kappa shape index (κ3) is 3.17. The molecule has 1 aromatic heterocycles. The minimum atomic E-state index is -0.229. The summed E-state index contributed by atoms with van der Waals surface area (Å²) in [6, 6.07) is 7.45. The van der Waals surface area contributed by atoms with Crippen molar-refractivity contribution >= 4 is 17.5 Å². The summed E-state index contributed by atoms with van der Waals surface area (Å²) < 4.78 is 0. The van der Waals surface area contributed by atoms with Gasteiger partial charge in [0.05, 0.1) is 0 Å². The maximum absolute atomic E-state index is 12.2. The fraction of sp³-hybridized carbons (Fsp3) is 0.357. The SMILES string of the molecule is CC(C)c1nc(C(=O)N(C)Cc2ccccc2Cl)n[nH]1. The molecule has 0 aliphatic rings. The van der Waals surface area contributed by atoms with Crippen molar-refractivity contribution < 1.29 is 4.79 Å². The standard InChI is InChI=1S/C14H17ClN4O/c1-9(2)12-16-13(18-17-12)14(20)19(3)8-10-6-4-5-7-11(10)15/h4-7,9H,8H2,1-3H3,(H,16,17,18). The minimum absolute atomic E-state index is 0.184. The molecule has 0 bridgehead atoms. The lowest BCUT2D eigenvalue weighted by molar-refractivity contribution is 0.0773. The summed E-state index contributed by atoms with van der Waals surface area (Å²) in [4.78, 5) is 18.0. The molecule has 1 N–H and O–H groups in total. The highest BCUT2D eigenvalue weighted by atomic mass is 35.5. The molecule has 0 aliphatic heterocycles. The number of benzene rings is 1. The number of hydrogen-bond donors (Lipinski definition) is 1. The molecule has 6 heteroatoms. The highest BCUT2D eigenvalue weighted by Crippen LogP contribution is 2.17. The molecule has 1 heterocycles. The molecule has 0 saturated carbocycles. The molecule has 0 saturated heterocycles. The van der Waals surface area contributed by atoms with Gasteiger partial charge in [-0.3, -0.25) is 9.89 Å². The van der Waals surface area contributed by atoms with Gasteiger partial charge < -0.3 is 4.90 Å². The highest BCUT2D eigenvalue weighted by Gasteiger charge is 2.18. The monoisotopic (exact) mass is 292 g/mol. The van der Waals surface area contributed by atoms with Crippen LogP contribution in [0, 0.1) is 0 Å². The first-order valence-electron chi connectivity index (χ1n) is 6.40. The van der Waals surface area contributed by atoms with Gasteiger partial charge in [0.15, 0.2) is 0 Å². The lowest BCUT2D eigenvalue weighted by Crippen LogP contribution is -2.27. The van der Waals surface area contributed by atoms with Gasteiger partial charge in [-0.1, -0.05) is 43.6 Å². The van der Waals surface area contributed by atoms with E-state index in [0.717, 1.165) is 5.56 Å². The second-order valence-corrected chi connectivity index (χ2v) is 5.36. The molecule has 0 spiro atoms. The molecule has 1 amide bonds. The molecular weight excluding hydrogens is 276 g/mol. The topological polar surface area (TPSA) is 61.9 Å². The lowest BCUT2D eigenvalue weighted by Gasteiger charge is -2.16. The average Bonchev–Trinajstić information content (AvgIpc) is 2.90. The van der Waals surface area contributed by atoms with Crippen molar-refractivity contribution in [2.24, 2.45) is 0 Å². The molecule has 0 atom stereocenters. The number of aromatic nitrogens is 3. The Morgan fingerprint density at radius 3 is 2.70 bits per heavy atom. The van der Waals surface area contributed by atoms with Crippen LogP contribution in [0.1, 0.15) is 41.8 Å². The van der Waals surface area contributed by atoms with Crippen molar-refractivity contribution in [1.82, 2.24) is 20.1 Å². The number of aromatic amines is 1. The summed E-state index contributed by atoms with van der Waals surface area (Å²) in [6.45, 7) is 4.40. The number of nitrogens with zero attached hydrogens (tertiary/aromatic N) is 3. The number of hydrogen-bond acceptors (Lipinski definition) is 3. The van der Waals surface area contributed by atoms with Gasteiger partial charge in [-0.15, -0.1) is 5.10 Å². The fourth-order valence-electron chi connectivity index (χ4n) is 1.75. The molecule has 106 valence electrons. The summed E-state index contributed by atoms with van der Waals surface area (Å²) in [5.74, 6) is 0.869. The quantitative estimate of drug-likeness (QED) is 0.942. The summed E-state index contributed by atoms with van der Waals surface area (Å²) in [5.41, 5.74) is 0.893. The molecule has 2 rings (SSSR count). The third-order valence-electron chi connectivity index (χ3n) is 2.95. The van der Waals surface area contributed by atoms with Crippen LogP contribution in [0.4, 0.5) is 0 Å². The Kier molecular flexibility index (Phi) is 4.39. The first-order chi connectivity index (χ1) is 9.49. The van der Waals surface area contributed by atoms with E-state index in [9.17, 15) is 4.79 Å². The molecule has 0 radical (unpaired) electrons. The molecular formula is C14H17ClN4O. The predicted molar refractivity (Wildman–Crippen MR) is 77.7 cm³/mol. The van der Waals surface area contributed by atoms with Crippen LogP contribution in [-0.4, -0.2) is 33.0 Å². The van der Waals surface area contributed by atoms with E-state index in [4.69, 9.17) is 11.6 Å². The van der Waals surface area contributed by atoms with Crippen LogP contribution in [-0.2, 0) is 6.54 Å². The van der Waals surface area contributed by atoms with E-state index < -0.39 is 0 Å². The van der Waals surface area contributed by atoms with E-state index in [0.29, 0.717) is 17.4 Å². The third-order valence-corrected chi connectivity index (χ3v) is 3.32. The van der Waals surface area contributed by atoms with Crippen LogP contribution in [0.3, 0.4) is 0 Å². The van der Waals surface area contributed by atoms with Crippen molar-refractivity contribution in [3.8, 4) is 0 Å². The Morgan fingerprint density at radius 2 is 2.10 bits per heavy atom.